The molecule has 0 heterocycles. The van der Waals surface area contributed by atoms with Gasteiger partial charge in [-0.15, -0.1) is 0 Å². The largest absolute Gasteiger partial charge is 0.382 e. The molecule has 1 aromatic carbocycles. The van der Waals surface area contributed by atoms with Gasteiger partial charge in [0.25, 0.3) is 0 Å². The monoisotopic (exact) mass is 278 g/mol. The summed E-state index contributed by atoms with van der Waals surface area (Å²) in [7, 11) is 2.19. The van der Waals surface area contributed by atoms with Gasteiger partial charge in [-0.25, -0.2) is 0 Å². The second kappa shape index (κ2) is 9.92. The zero-order valence-corrected chi connectivity index (χ0v) is 13.5. The highest BCUT2D eigenvalue weighted by Crippen LogP contribution is 2.07. The average molecular weight is 278 g/mol. The van der Waals surface area contributed by atoms with Crippen LogP contribution in [0.2, 0.25) is 0 Å². The van der Waals surface area contributed by atoms with Gasteiger partial charge in [-0.2, -0.15) is 0 Å². The number of nitrogens with zero attached hydrogens (tertiary/aromatic N) is 1. The van der Waals surface area contributed by atoms with E-state index in [1.807, 2.05) is 6.92 Å². The Kier molecular flexibility index (Phi) is 8.51. The van der Waals surface area contributed by atoms with E-state index in [4.69, 9.17) is 4.74 Å². The molecule has 0 radical (unpaired) electrons. The van der Waals surface area contributed by atoms with Gasteiger partial charge in [-0.1, -0.05) is 29.8 Å². The highest BCUT2D eigenvalue weighted by atomic mass is 16.5. The zero-order valence-electron chi connectivity index (χ0n) is 13.5. The number of likely N-dealkylation sites (N-methyl/N-ethyl adjacent to an activating group) is 1. The lowest BCUT2D eigenvalue weighted by molar-refractivity contribution is 0.144. The summed E-state index contributed by atoms with van der Waals surface area (Å²) in [6.07, 6.45) is 1.09. The van der Waals surface area contributed by atoms with Gasteiger partial charge < -0.3 is 10.1 Å². The molecule has 0 saturated heterocycles. The fourth-order valence-corrected chi connectivity index (χ4v) is 2.05. The molecule has 1 N–H and O–H groups in total. The number of benzene rings is 1. The van der Waals surface area contributed by atoms with Crippen LogP contribution in [0.25, 0.3) is 0 Å². The highest BCUT2D eigenvalue weighted by molar-refractivity contribution is 5.21. The average Bonchev–Trinajstić information content (AvgIpc) is 2.45. The summed E-state index contributed by atoms with van der Waals surface area (Å²) >= 11 is 0. The number of aryl methyl sites for hydroxylation is 1. The number of hydrogen-bond donors (Lipinski definition) is 1. The lowest BCUT2D eigenvalue weighted by atomic mass is 10.1. The van der Waals surface area contributed by atoms with Crippen molar-refractivity contribution in [2.75, 3.05) is 33.4 Å². The topological polar surface area (TPSA) is 24.5 Å². The Morgan fingerprint density at radius 1 is 1.25 bits per heavy atom. The molecule has 3 nitrogen and oxygen atoms in total. The van der Waals surface area contributed by atoms with E-state index in [9.17, 15) is 0 Å². The fourth-order valence-electron chi connectivity index (χ4n) is 2.05. The van der Waals surface area contributed by atoms with E-state index in [0.29, 0.717) is 6.04 Å². The van der Waals surface area contributed by atoms with E-state index >= 15 is 0 Å². The van der Waals surface area contributed by atoms with Gasteiger partial charge in [-0.3, -0.25) is 4.90 Å². The molecular weight excluding hydrogens is 248 g/mol. The quantitative estimate of drug-likeness (QED) is 0.666. The van der Waals surface area contributed by atoms with Crippen molar-refractivity contribution >= 4 is 0 Å². The van der Waals surface area contributed by atoms with Gasteiger partial charge in [0.15, 0.2) is 0 Å². The van der Waals surface area contributed by atoms with Crippen LogP contribution in [0.4, 0.5) is 0 Å². The minimum atomic E-state index is 0.531. The lowest BCUT2D eigenvalue weighted by Crippen LogP contribution is -2.38. The van der Waals surface area contributed by atoms with Crippen LogP contribution in [-0.4, -0.2) is 44.3 Å². The number of nitrogens with one attached hydrogen (secondary N) is 1. The van der Waals surface area contributed by atoms with Crippen LogP contribution < -0.4 is 5.32 Å². The molecule has 20 heavy (non-hydrogen) atoms. The molecule has 1 rings (SSSR count). The Morgan fingerprint density at radius 3 is 2.60 bits per heavy atom. The molecule has 1 aromatic rings. The Bertz CT molecular complexity index is 351. The minimum absolute atomic E-state index is 0.531. The molecule has 0 amide bonds. The summed E-state index contributed by atoms with van der Waals surface area (Å²) in [6, 6.07) is 9.32. The second-order valence-corrected chi connectivity index (χ2v) is 5.50. The van der Waals surface area contributed by atoms with E-state index in [1.165, 1.54) is 11.1 Å². The Hall–Kier alpha value is -0.900. The first-order valence-corrected chi connectivity index (χ1v) is 7.67. The van der Waals surface area contributed by atoms with E-state index in [2.05, 4.69) is 55.4 Å². The summed E-state index contributed by atoms with van der Waals surface area (Å²) < 4.78 is 5.33. The highest BCUT2D eigenvalue weighted by Gasteiger charge is 2.08. The van der Waals surface area contributed by atoms with Crippen LogP contribution >= 0.6 is 0 Å². The van der Waals surface area contributed by atoms with Crippen molar-refractivity contribution in [3.8, 4) is 0 Å². The molecular formula is C17H30N2O. The first kappa shape index (κ1) is 17.2. The molecule has 1 unspecified atom stereocenters. The van der Waals surface area contributed by atoms with Crippen molar-refractivity contribution in [3.63, 3.8) is 0 Å². The predicted molar refractivity (Wildman–Crippen MR) is 86.1 cm³/mol. The van der Waals surface area contributed by atoms with Crippen LogP contribution in [-0.2, 0) is 11.3 Å². The van der Waals surface area contributed by atoms with Gasteiger partial charge in [0.2, 0.25) is 0 Å². The van der Waals surface area contributed by atoms with E-state index in [1.54, 1.807) is 0 Å². The van der Waals surface area contributed by atoms with Crippen LogP contribution in [0.5, 0.6) is 0 Å². The van der Waals surface area contributed by atoms with Crippen molar-refractivity contribution in [1.82, 2.24) is 10.2 Å². The van der Waals surface area contributed by atoms with E-state index in [-0.39, 0.29) is 0 Å². The molecule has 0 aliphatic rings. The third-order valence-corrected chi connectivity index (χ3v) is 3.59. The standard InChI is InChI=1S/C17H30N2O/c1-5-20-12-6-11-18-13-16(3)19(4)14-17-9-7-15(2)8-10-17/h7-10,16,18H,5-6,11-14H2,1-4H3. The molecule has 0 spiro atoms. The molecule has 1 atom stereocenters. The molecule has 114 valence electrons. The SMILES string of the molecule is CCOCCCNCC(C)N(C)Cc1ccc(C)cc1. The molecule has 0 aromatic heterocycles. The normalized spacial score (nSPS) is 12.8. The number of rotatable bonds is 10. The summed E-state index contributed by atoms with van der Waals surface area (Å²) in [4.78, 5) is 2.39. The maximum atomic E-state index is 5.33. The predicted octanol–water partition coefficient (Wildman–Crippen LogP) is 2.83. The Morgan fingerprint density at radius 2 is 1.95 bits per heavy atom. The maximum Gasteiger partial charge on any atom is 0.0477 e. The third-order valence-electron chi connectivity index (χ3n) is 3.59. The van der Waals surface area contributed by atoms with Gasteiger partial charge in [0.05, 0.1) is 0 Å². The molecule has 0 bridgehead atoms. The van der Waals surface area contributed by atoms with Gasteiger partial charge in [0, 0.05) is 32.3 Å². The summed E-state index contributed by atoms with van der Waals surface area (Å²) in [5.41, 5.74) is 2.70. The fraction of sp³-hybridized carbons (Fsp3) is 0.647. The number of ether oxygens (including phenoxy) is 1. The Balaban J connectivity index is 2.18. The Labute approximate surface area is 124 Å². The molecule has 0 fully saturated rings. The van der Waals surface area contributed by atoms with Gasteiger partial charge in [-0.05, 0) is 46.3 Å². The van der Waals surface area contributed by atoms with Crippen molar-refractivity contribution in [1.29, 1.82) is 0 Å². The summed E-state index contributed by atoms with van der Waals surface area (Å²) in [5.74, 6) is 0. The van der Waals surface area contributed by atoms with Crippen LogP contribution in [0.15, 0.2) is 24.3 Å². The van der Waals surface area contributed by atoms with Crippen LogP contribution in [0, 0.1) is 6.92 Å². The smallest absolute Gasteiger partial charge is 0.0477 e. The van der Waals surface area contributed by atoms with Crippen molar-refractivity contribution < 1.29 is 4.74 Å². The van der Waals surface area contributed by atoms with E-state index < -0.39 is 0 Å². The second-order valence-electron chi connectivity index (χ2n) is 5.50. The molecule has 0 aliphatic heterocycles. The minimum Gasteiger partial charge on any atom is -0.382 e. The molecule has 0 saturated carbocycles. The lowest BCUT2D eigenvalue weighted by Gasteiger charge is -2.25. The van der Waals surface area contributed by atoms with E-state index in [0.717, 1.165) is 39.3 Å². The van der Waals surface area contributed by atoms with Crippen LogP contribution in [0.1, 0.15) is 31.4 Å². The summed E-state index contributed by atoms with van der Waals surface area (Å²) in [5, 5.41) is 3.50. The zero-order chi connectivity index (χ0) is 14.8. The third kappa shape index (κ3) is 7.04. The molecule has 3 heteroatoms. The first-order chi connectivity index (χ1) is 9.63. The van der Waals surface area contributed by atoms with Crippen LogP contribution in [0.3, 0.4) is 0 Å². The molecule has 0 aliphatic carbocycles. The first-order valence-electron chi connectivity index (χ1n) is 7.67. The van der Waals surface area contributed by atoms with Crippen molar-refractivity contribution in [3.05, 3.63) is 35.4 Å². The number of hydrogen-bond acceptors (Lipinski definition) is 3. The van der Waals surface area contributed by atoms with Gasteiger partial charge >= 0.3 is 0 Å². The van der Waals surface area contributed by atoms with Gasteiger partial charge in [0.1, 0.15) is 0 Å². The van der Waals surface area contributed by atoms with Crippen molar-refractivity contribution in [2.24, 2.45) is 0 Å². The summed E-state index contributed by atoms with van der Waals surface area (Å²) in [6.45, 7) is 11.2. The van der Waals surface area contributed by atoms with Crippen molar-refractivity contribution in [2.45, 2.75) is 39.8 Å². The maximum absolute atomic E-state index is 5.33.